The molecule has 2 N–H and O–H groups in total. The molecule has 3 heterocycles. The molecule has 3 rings (SSSR count). The van der Waals surface area contributed by atoms with Crippen LogP contribution in [0.3, 0.4) is 0 Å². The van der Waals surface area contributed by atoms with Gasteiger partial charge in [0, 0.05) is 29.6 Å². The first-order valence-corrected chi connectivity index (χ1v) is 10.6. The van der Waals surface area contributed by atoms with Crippen molar-refractivity contribution in [1.82, 2.24) is 20.0 Å². The van der Waals surface area contributed by atoms with Gasteiger partial charge in [0.05, 0.1) is 11.9 Å². The molecule has 7 heteroatoms. The average Bonchev–Trinajstić information content (AvgIpc) is 2.97. The number of nitrogens with zero attached hydrogens (tertiary/aromatic N) is 4. The molecule has 162 valence electrons. The number of nitrogens with one attached hydrogen (secondary N) is 2. The van der Waals surface area contributed by atoms with Crippen molar-refractivity contribution in [3.8, 4) is 11.4 Å². The summed E-state index contributed by atoms with van der Waals surface area (Å²) in [5.41, 5.74) is 3.89. The summed E-state index contributed by atoms with van der Waals surface area (Å²) >= 11 is 0. The molecule has 0 saturated carbocycles. The zero-order valence-electron chi connectivity index (χ0n) is 18.6. The van der Waals surface area contributed by atoms with E-state index in [9.17, 15) is 4.79 Å². The van der Waals surface area contributed by atoms with Gasteiger partial charge in [0.2, 0.25) is 0 Å². The van der Waals surface area contributed by atoms with E-state index >= 15 is 0 Å². The van der Waals surface area contributed by atoms with Crippen LogP contribution in [0.2, 0.25) is 0 Å². The molecule has 0 aliphatic carbocycles. The topological polar surface area (TPSA) is 99.8 Å². The molecular formula is C24H30N6O. The molecule has 0 fully saturated rings. The van der Waals surface area contributed by atoms with Crippen LogP contribution in [-0.2, 0) is 6.54 Å². The summed E-state index contributed by atoms with van der Waals surface area (Å²) in [6, 6.07) is 0. The Morgan fingerprint density at radius 2 is 2.13 bits per heavy atom. The first-order valence-electron chi connectivity index (χ1n) is 10.6. The van der Waals surface area contributed by atoms with Crippen LogP contribution < -0.4 is 16.1 Å². The lowest BCUT2D eigenvalue weighted by atomic mass is 10.0. The van der Waals surface area contributed by atoms with Crippen molar-refractivity contribution >= 4 is 23.6 Å². The van der Waals surface area contributed by atoms with Gasteiger partial charge in [0.1, 0.15) is 5.69 Å². The molecule has 0 bridgehead atoms. The van der Waals surface area contributed by atoms with Crippen LogP contribution in [0.5, 0.6) is 0 Å². The highest BCUT2D eigenvalue weighted by molar-refractivity contribution is 5.93. The fourth-order valence-corrected chi connectivity index (χ4v) is 3.63. The molecule has 3 aliphatic rings. The van der Waals surface area contributed by atoms with Gasteiger partial charge in [-0.1, -0.05) is 42.9 Å². The smallest absolute Gasteiger partial charge is 0.294 e. The Morgan fingerprint density at radius 1 is 1.32 bits per heavy atom. The molecule has 0 saturated heterocycles. The van der Waals surface area contributed by atoms with Gasteiger partial charge >= 0.3 is 0 Å². The van der Waals surface area contributed by atoms with Crippen LogP contribution in [0.1, 0.15) is 40.5 Å². The average molecular weight is 419 g/mol. The van der Waals surface area contributed by atoms with Crippen molar-refractivity contribution in [1.29, 1.82) is 5.41 Å². The van der Waals surface area contributed by atoms with E-state index in [0.29, 0.717) is 30.9 Å². The van der Waals surface area contributed by atoms with E-state index in [0.717, 1.165) is 33.8 Å². The van der Waals surface area contributed by atoms with E-state index in [1.807, 2.05) is 31.5 Å². The Hall–Kier alpha value is -3.35. The number of H-pyrrole nitrogens is 1. The molecule has 0 amide bonds. The van der Waals surface area contributed by atoms with Crippen LogP contribution in [0, 0.1) is 11.3 Å². The number of rotatable bonds is 7. The third-order valence-electron chi connectivity index (χ3n) is 5.16. The van der Waals surface area contributed by atoms with Gasteiger partial charge in [-0.15, -0.1) is 0 Å². The second-order valence-electron chi connectivity index (χ2n) is 7.89. The number of hydrogen-bond donors (Lipinski definition) is 2. The zero-order chi connectivity index (χ0) is 22.4. The normalized spacial score (nSPS) is 15.8. The second kappa shape index (κ2) is 10.1. The maximum atomic E-state index is 12.2. The monoisotopic (exact) mass is 418 g/mol. The lowest BCUT2D eigenvalue weighted by Gasteiger charge is -2.15. The quantitative estimate of drug-likeness (QED) is 0.676. The summed E-state index contributed by atoms with van der Waals surface area (Å²) in [5, 5.41) is 21.2. The van der Waals surface area contributed by atoms with Crippen molar-refractivity contribution in [2.75, 3.05) is 6.54 Å². The summed E-state index contributed by atoms with van der Waals surface area (Å²) in [5.74, 6) is -0.0471. The summed E-state index contributed by atoms with van der Waals surface area (Å²) < 4.78 is 1.86. The Labute approximate surface area is 182 Å². The van der Waals surface area contributed by atoms with Gasteiger partial charge in [-0.05, 0) is 45.3 Å². The lowest BCUT2D eigenvalue weighted by molar-refractivity contribution is 0.497. The largest absolute Gasteiger partial charge is 0.313 e. The van der Waals surface area contributed by atoms with E-state index < -0.39 is 0 Å². The molecular weight excluding hydrogens is 388 g/mol. The van der Waals surface area contributed by atoms with Crippen molar-refractivity contribution in [2.24, 2.45) is 10.9 Å². The number of aromatic nitrogens is 4. The number of hydrogen-bond acceptors (Lipinski definition) is 5. The molecule has 0 spiro atoms. The maximum absolute atomic E-state index is 12.2. The minimum Gasteiger partial charge on any atom is -0.313 e. The van der Waals surface area contributed by atoms with Gasteiger partial charge in [-0.3, -0.25) is 14.5 Å². The molecule has 0 aromatic rings. The van der Waals surface area contributed by atoms with Gasteiger partial charge < -0.3 is 5.41 Å². The van der Waals surface area contributed by atoms with Gasteiger partial charge in [-0.25, -0.2) is 5.10 Å². The van der Waals surface area contributed by atoms with Crippen LogP contribution in [0.25, 0.3) is 23.0 Å². The molecule has 0 aromatic carbocycles. The zero-order valence-corrected chi connectivity index (χ0v) is 18.6. The molecule has 1 atom stereocenters. The molecule has 31 heavy (non-hydrogen) atoms. The second-order valence-corrected chi connectivity index (χ2v) is 7.89. The Morgan fingerprint density at radius 3 is 2.84 bits per heavy atom. The van der Waals surface area contributed by atoms with Gasteiger partial charge in [0.25, 0.3) is 5.56 Å². The molecule has 7 nitrogen and oxygen atoms in total. The molecule has 0 aromatic heterocycles. The van der Waals surface area contributed by atoms with E-state index in [4.69, 9.17) is 5.41 Å². The fraction of sp³-hybridized carbons (Fsp3) is 0.375. The third-order valence-corrected chi connectivity index (χ3v) is 5.16. The van der Waals surface area contributed by atoms with Crippen molar-refractivity contribution in [3.63, 3.8) is 0 Å². The van der Waals surface area contributed by atoms with Crippen molar-refractivity contribution in [3.05, 3.63) is 56.9 Å². The number of allylic oxidation sites excluding steroid dienone is 5. The fourth-order valence-electron chi connectivity index (χ4n) is 3.63. The number of aliphatic imine (C=N–C) groups is 1. The highest BCUT2D eigenvalue weighted by atomic mass is 16.1. The third kappa shape index (κ3) is 5.23. The van der Waals surface area contributed by atoms with E-state index in [1.165, 1.54) is 6.21 Å². The maximum Gasteiger partial charge on any atom is 0.294 e. The summed E-state index contributed by atoms with van der Waals surface area (Å²) in [7, 11) is 0. The summed E-state index contributed by atoms with van der Waals surface area (Å²) in [4.78, 5) is 16.6. The van der Waals surface area contributed by atoms with Crippen molar-refractivity contribution in [2.45, 2.75) is 47.1 Å². The van der Waals surface area contributed by atoms with Crippen LogP contribution in [0.4, 0.5) is 0 Å². The predicted octanol–water partition coefficient (Wildman–Crippen LogP) is 2.62. The molecule has 3 aliphatic heterocycles. The Kier molecular flexibility index (Phi) is 7.28. The SMILES string of the molecule is CC/C=c1/c2n[nH]c(=O)c-2nn(CC(C=N)C/C=C/C2=CCN=C(C)C=C2)c1=C(C)C. The van der Waals surface area contributed by atoms with Crippen LogP contribution in [-0.4, -0.2) is 38.4 Å². The summed E-state index contributed by atoms with van der Waals surface area (Å²) in [6.45, 7) is 9.31. The van der Waals surface area contributed by atoms with Crippen molar-refractivity contribution < 1.29 is 0 Å². The van der Waals surface area contributed by atoms with Gasteiger partial charge in [-0.2, -0.15) is 10.2 Å². The van der Waals surface area contributed by atoms with E-state index in [-0.39, 0.29) is 11.5 Å². The standard InChI is InChI=1S/C24H30N6O/c1-5-7-20-21-22(24(31)28-27-21)29-30(23(20)16(2)3)15-19(14-25)9-6-8-18-11-10-17(4)26-13-12-18/h6-8,10-12,14,19,25H,5,9,13,15H2,1-4H3,(H,28,31)/b8-6+,20-7-,25-14?. The first kappa shape index (κ1) is 22.3. The lowest BCUT2D eigenvalue weighted by Crippen LogP contribution is -2.42. The Balaban J connectivity index is 1.93. The molecule has 0 radical (unpaired) electrons. The van der Waals surface area contributed by atoms with Crippen LogP contribution >= 0.6 is 0 Å². The van der Waals surface area contributed by atoms with Gasteiger partial charge in [0.15, 0.2) is 5.69 Å². The highest BCUT2D eigenvalue weighted by Crippen LogP contribution is 2.10. The van der Waals surface area contributed by atoms with E-state index in [2.05, 4.69) is 57.6 Å². The van der Waals surface area contributed by atoms with E-state index in [1.54, 1.807) is 0 Å². The number of fused-ring (bicyclic) bond motifs is 1. The highest BCUT2D eigenvalue weighted by Gasteiger charge is 2.18. The Bertz CT molecular complexity index is 1220. The van der Waals surface area contributed by atoms with Crippen LogP contribution in [0.15, 0.2) is 45.7 Å². The minimum atomic E-state index is -0.286. The number of aromatic amines is 1. The predicted molar refractivity (Wildman–Crippen MR) is 127 cm³/mol. The minimum absolute atomic E-state index is 0.0471. The summed E-state index contributed by atoms with van der Waals surface area (Å²) in [6.07, 6.45) is 15.4. The molecule has 1 unspecified atom stereocenters. The first-order chi connectivity index (χ1) is 14.9.